The van der Waals surface area contributed by atoms with Crippen LogP contribution in [0.2, 0.25) is 0 Å². The van der Waals surface area contributed by atoms with Crippen LogP contribution in [0.3, 0.4) is 0 Å². The highest BCUT2D eigenvalue weighted by Crippen LogP contribution is 2.34. The molecule has 0 saturated carbocycles. The van der Waals surface area contributed by atoms with Crippen molar-refractivity contribution >= 4 is 11.3 Å². The smallest absolute Gasteiger partial charge is 0.0378 e. The van der Waals surface area contributed by atoms with Crippen molar-refractivity contribution in [2.45, 2.75) is 27.3 Å². The molecule has 0 fully saturated rings. The van der Waals surface area contributed by atoms with Crippen LogP contribution in [0.4, 0.5) is 0 Å². The average molecular weight is 231 g/mol. The summed E-state index contributed by atoms with van der Waals surface area (Å²) in [4.78, 5) is 2.62. The van der Waals surface area contributed by atoms with Crippen LogP contribution in [0.15, 0.2) is 24.3 Å². The van der Waals surface area contributed by atoms with Gasteiger partial charge in [-0.25, -0.2) is 0 Å². The third kappa shape index (κ3) is 2.04. The number of thiophene rings is 1. The van der Waals surface area contributed by atoms with Gasteiger partial charge in [-0.05, 0) is 43.5 Å². The molecule has 0 saturated heterocycles. The lowest BCUT2D eigenvalue weighted by molar-refractivity contribution is 1.10. The molecule has 2 aromatic rings. The SMILES string of the molecule is Cc1ccc(-c2sc(CN)cc2C)c(C)c1. The number of aryl methyl sites for hydroxylation is 3. The van der Waals surface area contributed by atoms with Crippen LogP contribution >= 0.6 is 11.3 Å². The van der Waals surface area contributed by atoms with Crippen molar-refractivity contribution in [3.8, 4) is 10.4 Å². The number of hydrogen-bond acceptors (Lipinski definition) is 2. The van der Waals surface area contributed by atoms with Crippen LogP contribution in [0.5, 0.6) is 0 Å². The van der Waals surface area contributed by atoms with E-state index in [1.807, 2.05) is 11.3 Å². The minimum atomic E-state index is 0.635. The fourth-order valence-corrected chi connectivity index (χ4v) is 3.12. The molecule has 16 heavy (non-hydrogen) atoms. The second-order valence-electron chi connectivity index (χ2n) is 4.25. The molecule has 2 N–H and O–H groups in total. The van der Waals surface area contributed by atoms with Crippen molar-refractivity contribution in [3.05, 3.63) is 45.8 Å². The summed E-state index contributed by atoms with van der Waals surface area (Å²) in [5, 5.41) is 0. The number of benzene rings is 1. The van der Waals surface area contributed by atoms with Gasteiger partial charge in [-0.1, -0.05) is 23.8 Å². The molecule has 0 atom stereocenters. The van der Waals surface area contributed by atoms with Crippen LogP contribution < -0.4 is 5.73 Å². The zero-order valence-corrected chi connectivity index (χ0v) is 10.8. The Morgan fingerprint density at radius 2 is 1.81 bits per heavy atom. The summed E-state index contributed by atoms with van der Waals surface area (Å²) in [6.45, 7) is 7.09. The van der Waals surface area contributed by atoms with Gasteiger partial charge in [-0.3, -0.25) is 0 Å². The summed E-state index contributed by atoms with van der Waals surface area (Å²) in [7, 11) is 0. The molecule has 2 rings (SSSR count). The van der Waals surface area contributed by atoms with Gasteiger partial charge in [0.2, 0.25) is 0 Å². The molecule has 1 heterocycles. The normalized spacial score (nSPS) is 10.8. The molecular formula is C14H17NS. The average Bonchev–Trinajstić information content (AvgIpc) is 2.60. The molecule has 0 aliphatic carbocycles. The fraction of sp³-hybridized carbons (Fsp3) is 0.286. The van der Waals surface area contributed by atoms with Crippen molar-refractivity contribution in [3.63, 3.8) is 0 Å². The predicted octanol–water partition coefficient (Wildman–Crippen LogP) is 3.80. The Morgan fingerprint density at radius 1 is 1.06 bits per heavy atom. The van der Waals surface area contributed by atoms with Crippen LogP contribution in [-0.4, -0.2) is 0 Å². The van der Waals surface area contributed by atoms with Gasteiger partial charge in [0.05, 0.1) is 0 Å². The molecule has 0 aliphatic heterocycles. The third-order valence-corrected chi connectivity index (χ3v) is 4.09. The first kappa shape index (κ1) is 11.4. The molecular weight excluding hydrogens is 214 g/mol. The highest BCUT2D eigenvalue weighted by molar-refractivity contribution is 7.15. The second kappa shape index (κ2) is 4.40. The van der Waals surface area contributed by atoms with Crippen LogP contribution in [0, 0.1) is 20.8 Å². The monoisotopic (exact) mass is 231 g/mol. The number of hydrogen-bond donors (Lipinski definition) is 1. The van der Waals surface area contributed by atoms with E-state index in [0.29, 0.717) is 6.54 Å². The summed E-state index contributed by atoms with van der Waals surface area (Å²) in [5.41, 5.74) is 11.0. The van der Waals surface area contributed by atoms with Crippen molar-refractivity contribution in [1.29, 1.82) is 0 Å². The van der Waals surface area contributed by atoms with E-state index in [0.717, 1.165) is 0 Å². The lowest BCUT2D eigenvalue weighted by Gasteiger charge is -2.05. The van der Waals surface area contributed by atoms with Crippen molar-refractivity contribution in [2.24, 2.45) is 5.73 Å². The van der Waals surface area contributed by atoms with Gasteiger partial charge in [0.1, 0.15) is 0 Å². The number of rotatable bonds is 2. The van der Waals surface area contributed by atoms with E-state index < -0.39 is 0 Å². The minimum absolute atomic E-state index is 0.635. The quantitative estimate of drug-likeness (QED) is 0.836. The summed E-state index contributed by atoms with van der Waals surface area (Å²) in [5.74, 6) is 0. The Morgan fingerprint density at radius 3 is 2.38 bits per heavy atom. The molecule has 1 nitrogen and oxygen atoms in total. The topological polar surface area (TPSA) is 26.0 Å². The maximum atomic E-state index is 5.68. The third-order valence-electron chi connectivity index (χ3n) is 2.80. The maximum Gasteiger partial charge on any atom is 0.0378 e. The van der Waals surface area contributed by atoms with Crippen molar-refractivity contribution in [1.82, 2.24) is 0 Å². The van der Waals surface area contributed by atoms with Crippen LogP contribution in [0.25, 0.3) is 10.4 Å². The Hall–Kier alpha value is -1.12. The zero-order valence-electron chi connectivity index (χ0n) is 10.0. The molecule has 1 aromatic heterocycles. The van der Waals surface area contributed by atoms with Gasteiger partial charge in [0.15, 0.2) is 0 Å². The van der Waals surface area contributed by atoms with Crippen molar-refractivity contribution in [2.75, 3.05) is 0 Å². The van der Waals surface area contributed by atoms with E-state index in [-0.39, 0.29) is 0 Å². The molecule has 84 valence electrons. The lowest BCUT2D eigenvalue weighted by atomic mass is 10.0. The highest BCUT2D eigenvalue weighted by Gasteiger charge is 2.09. The first-order chi connectivity index (χ1) is 7.61. The summed E-state index contributed by atoms with van der Waals surface area (Å²) < 4.78 is 0. The molecule has 2 heteroatoms. The highest BCUT2D eigenvalue weighted by atomic mass is 32.1. The van der Waals surface area contributed by atoms with Gasteiger partial charge in [0, 0.05) is 16.3 Å². The van der Waals surface area contributed by atoms with Crippen LogP contribution in [0.1, 0.15) is 21.6 Å². The molecule has 1 aromatic carbocycles. The molecule has 0 unspecified atom stereocenters. The fourth-order valence-electron chi connectivity index (χ4n) is 1.98. The van der Waals surface area contributed by atoms with E-state index in [9.17, 15) is 0 Å². The largest absolute Gasteiger partial charge is 0.326 e. The van der Waals surface area contributed by atoms with Gasteiger partial charge >= 0.3 is 0 Å². The predicted molar refractivity (Wildman–Crippen MR) is 71.9 cm³/mol. The minimum Gasteiger partial charge on any atom is -0.326 e. The van der Waals surface area contributed by atoms with E-state index >= 15 is 0 Å². The first-order valence-corrected chi connectivity index (χ1v) is 6.30. The Balaban J connectivity index is 2.53. The Kier molecular flexibility index (Phi) is 3.13. The van der Waals surface area contributed by atoms with Gasteiger partial charge in [0.25, 0.3) is 0 Å². The van der Waals surface area contributed by atoms with E-state index in [1.165, 1.54) is 32.0 Å². The van der Waals surface area contributed by atoms with Gasteiger partial charge in [-0.2, -0.15) is 0 Å². The van der Waals surface area contributed by atoms with Gasteiger partial charge < -0.3 is 5.73 Å². The van der Waals surface area contributed by atoms with Crippen molar-refractivity contribution < 1.29 is 0 Å². The first-order valence-electron chi connectivity index (χ1n) is 5.49. The molecule has 0 radical (unpaired) electrons. The lowest BCUT2D eigenvalue weighted by Crippen LogP contribution is -1.91. The molecule has 0 bridgehead atoms. The summed E-state index contributed by atoms with van der Waals surface area (Å²) in [6, 6.07) is 8.81. The molecule has 0 spiro atoms. The summed E-state index contributed by atoms with van der Waals surface area (Å²) in [6.07, 6.45) is 0. The van der Waals surface area contributed by atoms with E-state index in [1.54, 1.807) is 0 Å². The zero-order chi connectivity index (χ0) is 11.7. The van der Waals surface area contributed by atoms with Crippen LogP contribution in [-0.2, 0) is 6.54 Å². The maximum absolute atomic E-state index is 5.68. The summed E-state index contributed by atoms with van der Waals surface area (Å²) >= 11 is 1.81. The standard InChI is InChI=1S/C14H17NS/c1-9-4-5-13(10(2)6-9)14-11(3)7-12(8-15)16-14/h4-7H,8,15H2,1-3H3. The molecule has 0 aliphatic rings. The van der Waals surface area contributed by atoms with E-state index in [2.05, 4.69) is 45.0 Å². The molecule has 0 amide bonds. The van der Waals surface area contributed by atoms with E-state index in [4.69, 9.17) is 5.73 Å². The second-order valence-corrected chi connectivity index (χ2v) is 5.38. The Bertz CT molecular complexity index is 511. The Labute approximate surface area is 101 Å². The number of nitrogens with two attached hydrogens (primary N) is 1. The van der Waals surface area contributed by atoms with Gasteiger partial charge in [-0.15, -0.1) is 11.3 Å².